The molecule has 0 spiro atoms. The fraction of sp³-hybridized carbons (Fsp3) is 0.533. The van der Waals surface area contributed by atoms with Gasteiger partial charge < -0.3 is 20.5 Å². The van der Waals surface area contributed by atoms with Gasteiger partial charge in [0.25, 0.3) is 0 Å². The second-order valence-corrected chi connectivity index (χ2v) is 5.17. The van der Waals surface area contributed by atoms with Gasteiger partial charge in [0.1, 0.15) is 0 Å². The zero-order valence-corrected chi connectivity index (χ0v) is 11.8. The van der Waals surface area contributed by atoms with E-state index in [-0.39, 0.29) is 5.56 Å². The molecule has 5 nitrogen and oxygen atoms in total. The summed E-state index contributed by atoms with van der Waals surface area (Å²) in [5.74, 6) is -0.335. The number of aromatic carboxylic acids is 1. The molecular weight excluding hydrogens is 256 g/mol. The first-order valence-corrected chi connectivity index (χ1v) is 7.07. The van der Waals surface area contributed by atoms with Gasteiger partial charge in [-0.25, -0.2) is 4.79 Å². The van der Waals surface area contributed by atoms with Crippen LogP contribution in [0.5, 0.6) is 0 Å². The Morgan fingerprint density at radius 1 is 1.45 bits per heavy atom. The Morgan fingerprint density at radius 3 is 2.70 bits per heavy atom. The quantitative estimate of drug-likeness (QED) is 0.808. The minimum Gasteiger partial charge on any atom is -0.478 e. The molecule has 110 valence electrons. The molecule has 0 saturated carbocycles. The van der Waals surface area contributed by atoms with Gasteiger partial charge in [-0.15, -0.1) is 0 Å². The predicted molar refractivity (Wildman–Crippen MR) is 79.2 cm³/mol. The molecular formula is C15H22N2O3. The molecule has 1 aromatic rings. The van der Waals surface area contributed by atoms with E-state index in [1.807, 2.05) is 6.07 Å². The average Bonchev–Trinajstić information content (AvgIpc) is 2.46. The highest BCUT2D eigenvalue weighted by Gasteiger charge is 2.18. The molecule has 2 rings (SSSR count). The number of anilines is 2. The fourth-order valence-electron chi connectivity index (χ4n) is 2.61. The third-order valence-corrected chi connectivity index (χ3v) is 3.82. The van der Waals surface area contributed by atoms with Crippen LogP contribution in [-0.4, -0.2) is 37.4 Å². The maximum Gasteiger partial charge on any atom is 0.335 e. The number of hydrogen-bond acceptors (Lipinski definition) is 4. The Hall–Kier alpha value is -1.75. The van der Waals surface area contributed by atoms with Crippen LogP contribution < -0.4 is 10.6 Å². The molecule has 0 unspecified atom stereocenters. The maximum absolute atomic E-state index is 10.9. The molecule has 1 aliphatic rings. The highest BCUT2D eigenvalue weighted by atomic mass is 16.5. The van der Waals surface area contributed by atoms with Crippen LogP contribution in [0.2, 0.25) is 0 Å². The van der Waals surface area contributed by atoms with Gasteiger partial charge in [-0.2, -0.15) is 0 Å². The molecule has 1 fully saturated rings. The zero-order chi connectivity index (χ0) is 14.5. The number of nitrogens with two attached hydrogens (primary N) is 1. The van der Waals surface area contributed by atoms with Crippen LogP contribution in [0.4, 0.5) is 11.4 Å². The lowest BCUT2D eigenvalue weighted by molar-refractivity contribution is 0.0681. The van der Waals surface area contributed by atoms with E-state index in [0.717, 1.165) is 44.8 Å². The number of nitrogens with zero attached hydrogens (tertiary/aromatic N) is 1. The van der Waals surface area contributed by atoms with Gasteiger partial charge in [0.15, 0.2) is 0 Å². The van der Waals surface area contributed by atoms with Crippen LogP contribution in [0.15, 0.2) is 18.2 Å². The summed E-state index contributed by atoms with van der Waals surface area (Å²) in [5.41, 5.74) is 7.69. The highest BCUT2D eigenvalue weighted by molar-refractivity contribution is 5.90. The molecule has 1 aliphatic heterocycles. The van der Waals surface area contributed by atoms with Crippen molar-refractivity contribution in [3.63, 3.8) is 0 Å². The smallest absolute Gasteiger partial charge is 0.335 e. The van der Waals surface area contributed by atoms with Gasteiger partial charge in [0.05, 0.1) is 16.9 Å². The summed E-state index contributed by atoms with van der Waals surface area (Å²) >= 11 is 0. The van der Waals surface area contributed by atoms with Crippen molar-refractivity contribution >= 4 is 17.3 Å². The first-order chi connectivity index (χ1) is 9.61. The Bertz CT molecular complexity index is 470. The first-order valence-electron chi connectivity index (χ1n) is 7.07. The molecule has 0 radical (unpaired) electrons. The van der Waals surface area contributed by atoms with Gasteiger partial charge in [-0.3, -0.25) is 0 Å². The molecule has 0 aliphatic carbocycles. The van der Waals surface area contributed by atoms with E-state index in [9.17, 15) is 4.79 Å². The largest absolute Gasteiger partial charge is 0.478 e. The van der Waals surface area contributed by atoms with Gasteiger partial charge in [-0.1, -0.05) is 0 Å². The third kappa shape index (κ3) is 3.42. The molecule has 3 N–H and O–H groups in total. The first kappa shape index (κ1) is 14.7. The van der Waals surface area contributed by atoms with Gasteiger partial charge in [-0.05, 0) is 43.9 Å². The Labute approximate surface area is 119 Å². The van der Waals surface area contributed by atoms with Crippen molar-refractivity contribution in [2.75, 3.05) is 36.9 Å². The van der Waals surface area contributed by atoms with Crippen LogP contribution in [-0.2, 0) is 4.74 Å². The lowest BCUT2D eigenvalue weighted by atomic mass is 9.99. The fourth-order valence-corrected chi connectivity index (χ4v) is 2.61. The van der Waals surface area contributed by atoms with E-state index in [4.69, 9.17) is 15.6 Å². The number of rotatable bonds is 5. The van der Waals surface area contributed by atoms with Crippen LogP contribution in [0.1, 0.15) is 30.1 Å². The van der Waals surface area contributed by atoms with Crippen LogP contribution in [0.3, 0.4) is 0 Å². The normalized spacial score (nSPS) is 16.1. The summed E-state index contributed by atoms with van der Waals surface area (Å²) in [5, 5.41) is 8.97. The van der Waals surface area contributed by atoms with Crippen LogP contribution in [0, 0.1) is 5.92 Å². The van der Waals surface area contributed by atoms with Gasteiger partial charge >= 0.3 is 5.97 Å². The van der Waals surface area contributed by atoms with Crippen molar-refractivity contribution < 1.29 is 14.6 Å². The second kappa shape index (κ2) is 6.61. The molecule has 0 amide bonds. The third-order valence-electron chi connectivity index (χ3n) is 3.82. The summed E-state index contributed by atoms with van der Waals surface area (Å²) in [6, 6.07) is 4.95. The topological polar surface area (TPSA) is 75.8 Å². The summed E-state index contributed by atoms with van der Waals surface area (Å²) < 4.78 is 5.38. The SMILES string of the molecule is CCN(CC1CCOCC1)c1ccc(C(=O)O)cc1N. The number of carboxylic acid groups (broad SMARTS) is 1. The number of carbonyl (C=O) groups is 1. The summed E-state index contributed by atoms with van der Waals surface area (Å²) in [6.45, 7) is 5.54. The summed E-state index contributed by atoms with van der Waals surface area (Å²) in [6.07, 6.45) is 2.15. The zero-order valence-electron chi connectivity index (χ0n) is 11.8. The maximum atomic E-state index is 10.9. The van der Waals surface area contributed by atoms with Gasteiger partial charge in [0.2, 0.25) is 0 Å². The monoisotopic (exact) mass is 278 g/mol. The lowest BCUT2D eigenvalue weighted by Gasteiger charge is -2.31. The number of benzene rings is 1. The van der Waals surface area contributed by atoms with Crippen molar-refractivity contribution in [2.45, 2.75) is 19.8 Å². The number of hydrogen-bond donors (Lipinski definition) is 2. The van der Waals surface area contributed by atoms with Crippen LogP contribution >= 0.6 is 0 Å². The molecule has 5 heteroatoms. The predicted octanol–water partition coefficient (Wildman–Crippen LogP) is 2.22. The molecule has 20 heavy (non-hydrogen) atoms. The molecule has 1 saturated heterocycles. The Kier molecular flexibility index (Phi) is 4.84. The number of nitrogen functional groups attached to an aromatic ring is 1. The van der Waals surface area contributed by atoms with Crippen LogP contribution in [0.25, 0.3) is 0 Å². The Morgan fingerprint density at radius 2 is 2.15 bits per heavy atom. The van der Waals surface area contributed by atoms with E-state index < -0.39 is 5.97 Å². The van der Waals surface area contributed by atoms with Crippen molar-refractivity contribution in [1.29, 1.82) is 0 Å². The summed E-state index contributed by atoms with van der Waals surface area (Å²) in [7, 11) is 0. The second-order valence-electron chi connectivity index (χ2n) is 5.17. The molecule has 1 aromatic carbocycles. The lowest BCUT2D eigenvalue weighted by Crippen LogP contribution is -2.32. The van der Waals surface area contributed by atoms with Gasteiger partial charge in [0, 0.05) is 26.3 Å². The Balaban J connectivity index is 2.12. The van der Waals surface area contributed by atoms with E-state index in [1.54, 1.807) is 6.07 Å². The van der Waals surface area contributed by atoms with E-state index >= 15 is 0 Å². The average molecular weight is 278 g/mol. The van der Waals surface area contributed by atoms with E-state index in [0.29, 0.717) is 11.6 Å². The summed E-state index contributed by atoms with van der Waals surface area (Å²) in [4.78, 5) is 13.2. The molecule has 0 atom stereocenters. The number of carboxylic acids is 1. The van der Waals surface area contributed by atoms with E-state index in [1.165, 1.54) is 6.07 Å². The molecule has 0 bridgehead atoms. The minimum absolute atomic E-state index is 0.230. The van der Waals surface area contributed by atoms with Crippen molar-refractivity contribution in [3.05, 3.63) is 23.8 Å². The minimum atomic E-state index is -0.948. The van der Waals surface area contributed by atoms with Crippen molar-refractivity contribution in [3.8, 4) is 0 Å². The van der Waals surface area contributed by atoms with Crippen molar-refractivity contribution in [2.24, 2.45) is 5.92 Å². The van der Waals surface area contributed by atoms with E-state index in [2.05, 4.69) is 11.8 Å². The standard InChI is InChI=1S/C15H22N2O3/c1-2-17(10-11-5-7-20-8-6-11)14-4-3-12(15(18)19)9-13(14)16/h3-4,9,11H,2,5-8,10,16H2,1H3,(H,18,19). The highest BCUT2D eigenvalue weighted by Crippen LogP contribution is 2.27. The number of ether oxygens (including phenoxy) is 1. The molecule has 0 aromatic heterocycles. The van der Waals surface area contributed by atoms with Crippen molar-refractivity contribution in [1.82, 2.24) is 0 Å². The molecule has 1 heterocycles.